The zero-order valence-corrected chi connectivity index (χ0v) is 18.1. The van der Waals surface area contributed by atoms with Gasteiger partial charge in [-0.1, -0.05) is 71.9 Å². The molecule has 0 saturated carbocycles. The van der Waals surface area contributed by atoms with Gasteiger partial charge in [-0.25, -0.2) is 4.90 Å². The van der Waals surface area contributed by atoms with Gasteiger partial charge in [0.1, 0.15) is 10.6 Å². The molecule has 0 atom stereocenters. The number of rotatable bonds is 4. The number of amides is 2. The lowest BCUT2D eigenvalue weighted by Gasteiger charge is -2.31. The predicted molar refractivity (Wildman–Crippen MR) is 124 cm³/mol. The van der Waals surface area contributed by atoms with Crippen LogP contribution in [0.5, 0.6) is 0 Å². The molecule has 3 aromatic rings. The minimum Gasteiger partial charge on any atom is -0.361 e. The van der Waals surface area contributed by atoms with E-state index in [0.29, 0.717) is 29.4 Å². The van der Waals surface area contributed by atoms with Gasteiger partial charge < -0.3 is 4.90 Å². The van der Waals surface area contributed by atoms with Crippen molar-refractivity contribution in [3.05, 3.63) is 106 Å². The van der Waals surface area contributed by atoms with Gasteiger partial charge in [0.05, 0.1) is 5.69 Å². The molecule has 0 fully saturated rings. The minimum atomic E-state index is -0.253. The highest BCUT2D eigenvalue weighted by Crippen LogP contribution is 2.40. The fourth-order valence-electron chi connectivity index (χ4n) is 4.09. The summed E-state index contributed by atoms with van der Waals surface area (Å²) in [6.45, 7) is 3.33. The van der Waals surface area contributed by atoms with Crippen molar-refractivity contribution in [2.24, 2.45) is 0 Å². The van der Waals surface area contributed by atoms with E-state index in [-0.39, 0.29) is 11.8 Å². The van der Waals surface area contributed by atoms with Crippen LogP contribution in [-0.2, 0) is 22.6 Å². The third-order valence-corrected chi connectivity index (χ3v) is 6.80. The highest BCUT2D eigenvalue weighted by atomic mass is 32.2. The topological polar surface area (TPSA) is 40.6 Å². The van der Waals surface area contributed by atoms with E-state index in [0.717, 1.165) is 16.9 Å². The lowest BCUT2D eigenvalue weighted by molar-refractivity contribution is -0.121. The highest BCUT2D eigenvalue weighted by Gasteiger charge is 2.43. The van der Waals surface area contributed by atoms with Crippen molar-refractivity contribution in [1.82, 2.24) is 4.90 Å². The van der Waals surface area contributed by atoms with E-state index in [1.807, 2.05) is 73.7 Å². The van der Waals surface area contributed by atoms with Crippen molar-refractivity contribution in [3.8, 4) is 0 Å². The molecule has 0 aromatic heterocycles. The smallest absolute Gasteiger partial charge is 0.283 e. The number of benzene rings is 3. The number of carbonyl (C=O) groups is 2. The lowest BCUT2D eigenvalue weighted by Crippen LogP contribution is -2.37. The SMILES string of the molecule is Cc1ccc(N2C(=O)C(Sc3ccccc3)=C(N3CCc4ccccc4C3)C2=O)cc1. The zero-order chi connectivity index (χ0) is 21.4. The summed E-state index contributed by atoms with van der Waals surface area (Å²) in [5, 5.41) is 0. The van der Waals surface area contributed by atoms with Crippen LogP contribution in [0.2, 0.25) is 0 Å². The monoisotopic (exact) mass is 426 g/mol. The van der Waals surface area contributed by atoms with Gasteiger partial charge in [0.2, 0.25) is 0 Å². The zero-order valence-electron chi connectivity index (χ0n) is 17.2. The first kappa shape index (κ1) is 19.6. The average molecular weight is 427 g/mol. The Bertz CT molecular complexity index is 1190. The summed E-state index contributed by atoms with van der Waals surface area (Å²) in [5.74, 6) is -0.497. The maximum absolute atomic E-state index is 13.6. The molecule has 3 aromatic carbocycles. The summed E-state index contributed by atoms with van der Waals surface area (Å²) in [5.41, 5.74) is 4.72. The van der Waals surface area contributed by atoms with Crippen LogP contribution in [0.25, 0.3) is 0 Å². The molecule has 5 rings (SSSR count). The fourth-order valence-corrected chi connectivity index (χ4v) is 5.11. The number of hydrogen-bond donors (Lipinski definition) is 0. The molecule has 0 aliphatic carbocycles. The largest absolute Gasteiger partial charge is 0.361 e. The van der Waals surface area contributed by atoms with Gasteiger partial charge >= 0.3 is 0 Å². The molecule has 0 spiro atoms. The summed E-state index contributed by atoms with van der Waals surface area (Å²) in [4.78, 5) is 31.9. The molecule has 31 heavy (non-hydrogen) atoms. The standard InChI is InChI=1S/C26H22N2O2S/c1-18-11-13-21(14-12-18)28-25(29)23(24(26(28)30)31-22-9-3-2-4-10-22)27-16-15-19-7-5-6-8-20(19)17-27/h2-14H,15-17H2,1H3. The fraction of sp³-hybridized carbons (Fsp3) is 0.154. The van der Waals surface area contributed by atoms with Gasteiger partial charge in [0.15, 0.2) is 0 Å². The molecule has 0 unspecified atom stereocenters. The van der Waals surface area contributed by atoms with E-state index >= 15 is 0 Å². The van der Waals surface area contributed by atoms with Crippen molar-refractivity contribution >= 4 is 29.3 Å². The van der Waals surface area contributed by atoms with Gasteiger partial charge in [-0.3, -0.25) is 9.59 Å². The van der Waals surface area contributed by atoms with Crippen molar-refractivity contribution in [3.63, 3.8) is 0 Å². The number of carbonyl (C=O) groups excluding carboxylic acids is 2. The molecule has 2 aliphatic rings. The van der Waals surface area contributed by atoms with Crippen LogP contribution in [0, 0.1) is 6.92 Å². The lowest BCUT2D eigenvalue weighted by atomic mass is 9.99. The van der Waals surface area contributed by atoms with E-state index in [1.165, 1.54) is 27.8 Å². The average Bonchev–Trinajstić information content (AvgIpc) is 3.04. The number of nitrogens with zero attached hydrogens (tertiary/aromatic N) is 2. The van der Waals surface area contributed by atoms with Crippen LogP contribution in [0.1, 0.15) is 16.7 Å². The van der Waals surface area contributed by atoms with Gasteiger partial charge in [0, 0.05) is 18.0 Å². The van der Waals surface area contributed by atoms with Crippen LogP contribution in [-0.4, -0.2) is 23.3 Å². The van der Waals surface area contributed by atoms with Crippen LogP contribution in [0.3, 0.4) is 0 Å². The van der Waals surface area contributed by atoms with Crippen LogP contribution < -0.4 is 4.90 Å². The van der Waals surface area contributed by atoms with Crippen molar-refractivity contribution in [2.45, 2.75) is 24.8 Å². The van der Waals surface area contributed by atoms with E-state index < -0.39 is 0 Å². The quantitative estimate of drug-likeness (QED) is 0.555. The Morgan fingerprint density at radius 3 is 2.19 bits per heavy atom. The number of thioether (sulfide) groups is 1. The van der Waals surface area contributed by atoms with E-state index in [1.54, 1.807) is 0 Å². The Morgan fingerprint density at radius 2 is 1.45 bits per heavy atom. The number of imide groups is 1. The van der Waals surface area contributed by atoms with Crippen LogP contribution >= 0.6 is 11.8 Å². The van der Waals surface area contributed by atoms with Crippen LogP contribution in [0.15, 0.2) is 94.4 Å². The molecule has 2 aliphatic heterocycles. The van der Waals surface area contributed by atoms with Crippen molar-refractivity contribution < 1.29 is 9.59 Å². The molecular formula is C26H22N2O2S. The molecule has 0 radical (unpaired) electrons. The Balaban J connectivity index is 1.55. The first-order valence-electron chi connectivity index (χ1n) is 10.4. The first-order valence-corrected chi connectivity index (χ1v) is 11.2. The van der Waals surface area contributed by atoms with Gasteiger partial charge in [-0.2, -0.15) is 0 Å². The van der Waals surface area contributed by atoms with Crippen molar-refractivity contribution in [2.75, 3.05) is 11.4 Å². The summed E-state index contributed by atoms with van der Waals surface area (Å²) in [7, 11) is 0. The molecule has 2 amide bonds. The molecule has 2 heterocycles. The number of fused-ring (bicyclic) bond motifs is 1. The summed E-state index contributed by atoms with van der Waals surface area (Å²) >= 11 is 1.37. The molecule has 0 bridgehead atoms. The van der Waals surface area contributed by atoms with Gasteiger partial charge in [0.25, 0.3) is 11.8 Å². The Kier molecular flexibility index (Phi) is 5.12. The van der Waals surface area contributed by atoms with E-state index in [4.69, 9.17) is 0 Å². The second-order valence-electron chi connectivity index (χ2n) is 7.81. The molecule has 0 N–H and O–H groups in total. The molecule has 154 valence electrons. The predicted octanol–water partition coefficient (Wildman–Crippen LogP) is 4.93. The molecular weight excluding hydrogens is 404 g/mol. The Labute approximate surface area is 186 Å². The normalized spacial score (nSPS) is 16.2. The maximum Gasteiger partial charge on any atom is 0.283 e. The van der Waals surface area contributed by atoms with Gasteiger partial charge in [-0.05, 0) is 48.7 Å². The summed E-state index contributed by atoms with van der Waals surface area (Å²) in [6, 6.07) is 25.6. The van der Waals surface area contributed by atoms with Crippen LogP contribution in [0.4, 0.5) is 5.69 Å². The third kappa shape index (κ3) is 3.66. The minimum absolute atomic E-state index is 0.244. The Morgan fingerprint density at radius 1 is 0.774 bits per heavy atom. The molecule has 4 nitrogen and oxygen atoms in total. The molecule has 0 saturated heterocycles. The maximum atomic E-state index is 13.6. The highest BCUT2D eigenvalue weighted by molar-refractivity contribution is 8.04. The summed E-state index contributed by atoms with van der Waals surface area (Å²) in [6.07, 6.45) is 0.856. The Hall–Kier alpha value is -3.31. The number of aryl methyl sites for hydroxylation is 1. The molecule has 5 heteroatoms. The third-order valence-electron chi connectivity index (χ3n) is 5.72. The first-order chi connectivity index (χ1) is 15.1. The van der Waals surface area contributed by atoms with E-state index in [2.05, 4.69) is 17.0 Å². The summed E-state index contributed by atoms with van der Waals surface area (Å²) < 4.78 is 0. The second-order valence-corrected chi connectivity index (χ2v) is 8.90. The number of hydrogen-bond acceptors (Lipinski definition) is 4. The van der Waals surface area contributed by atoms with Crippen molar-refractivity contribution in [1.29, 1.82) is 0 Å². The number of anilines is 1. The van der Waals surface area contributed by atoms with Gasteiger partial charge in [-0.15, -0.1) is 0 Å². The second kappa shape index (κ2) is 8.08. The van der Waals surface area contributed by atoms with E-state index in [9.17, 15) is 9.59 Å².